The van der Waals surface area contributed by atoms with Crippen LogP contribution in [0.5, 0.6) is 0 Å². The maximum Gasteiger partial charge on any atom is 0.153 e. The first-order valence-corrected chi connectivity index (χ1v) is 6.80. The van der Waals surface area contributed by atoms with Gasteiger partial charge in [-0.05, 0) is 0 Å². The lowest BCUT2D eigenvalue weighted by Crippen LogP contribution is -2.34. The highest BCUT2D eigenvalue weighted by Crippen LogP contribution is 2.15. The third kappa shape index (κ3) is 7.18. The van der Waals surface area contributed by atoms with Gasteiger partial charge in [0, 0.05) is 18.3 Å². The smallest absolute Gasteiger partial charge is 0.153 e. The van der Waals surface area contributed by atoms with E-state index in [1.807, 2.05) is 13.8 Å². The zero-order chi connectivity index (χ0) is 12.8. The highest BCUT2D eigenvalue weighted by molar-refractivity contribution is 9.10. The number of ketones is 2. The molecule has 114 valence electrons. The van der Waals surface area contributed by atoms with Crippen molar-refractivity contribution in [1.82, 2.24) is 0 Å². The Kier molecular flexibility index (Phi) is 11.7. The number of alkyl halides is 1. The molecule has 2 saturated heterocycles. The van der Waals surface area contributed by atoms with Crippen molar-refractivity contribution in [3.8, 4) is 0 Å². The molecule has 0 aromatic rings. The first kappa shape index (κ1) is 21.0. The highest BCUT2D eigenvalue weighted by atomic mass is 79.9. The number of carbonyl (C=O) groups excluding carboxylic acids is 2. The highest BCUT2D eigenvalue weighted by Gasteiger charge is 2.26. The maximum atomic E-state index is 11.0. The van der Waals surface area contributed by atoms with Gasteiger partial charge in [0.05, 0.1) is 31.3 Å². The fourth-order valence-corrected chi connectivity index (χ4v) is 2.23. The van der Waals surface area contributed by atoms with Crippen LogP contribution in [0.3, 0.4) is 0 Å². The molecule has 2 rings (SSSR count). The molecule has 0 amide bonds. The molecular weight excluding hydrogens is 312 g/mol. The summed E-state index contributed by atoms with van der Waals surface area (Å²) in [5, 5.41) is 0. The SMILES string of the molecule is C.C.CC1COCC(Br)C1=O.CC1COCCC1=O. The fourth-order valence-electron chi connectivity index (χ4n) is 1.59. The van der Waals surface area contributed by atoms with Crippen molar-refractivity contribution in [3.63, 3.8) is 0 Å². The third-order valence-electron chi connectivity index (χ3n) is 2.84. The van der Waals surface area contributed by atoms with Crippen LogP contribution < -0.4 is 0 Å². The van der Waals surface area contributed by atoms with E-state index in [-0.39, 0.29) is 37.3 Å². The zero-order valence-electron chi connectivity index (χ0n) is 10.3. The van der Waals surface area contributed by atoms with Gasteiger partial charge in [0.2, 0.25) is 0 Å². The van der Waals surface area contributed by atoms with E-state index in [4.69, 9.17) is 9.47 Å². The van der Waals surface area contributed by atoms with E-state index in [0.29, 0.717) is 38.6 Å². The molecule has 4 nitrogen and oxygen atoms in total. The molecule has 0 aliphatic carbocycles. The van der Waals surface area contributed by atoms with Crippen LogP contribution in [0.1, 0.15) is 35.1 Å². The van der Waals surface area contributed by atoms with E-state index < -0.39 is 0 Å². The summed E-state index contributed by atoms with van der Waals surface area (Å²) in [6.45, 7) is 6.16. The minimum absolute atomic E-state index is 0. The van der Waals surface area contributed by atoms with Crippen molar-refractivity contribution >= 4 is 27.5 Å². The lowest BCUT2D eigenvalue weighted by molar-refractivity contribution is -0.129. The van der Waals surface area contributed by atoms with Gasteiger partial charge in [0.15, 0.2) is 5.78 Å². The molecule has 2 heterocycles. The first-order valence-electron chi connectivity index (χ1n) is 5.88. The minimum Gasteiger partial charge on any atom is -0.380 e. The number of rotatable bonds is 0. The normalized spacial score (nSPS) is 30.4. The average molecular weight is 339 g/mol. The summed E-state index contributed by atoms with van der Waals surface area (Å²) in [4.78, 5) is 21.6. The van der Waals surface area contributed by atoms with E-state index in [0.717, 1.165) is 0 Å². The van der Waals surface area contributed by atoms with Crippen molar-refractivity contribution in [2.45, 2.75) is 39.9 Å². The summed E-state index contributed by atoms with van der Waals surface area (Å²) in [5.41, 5.74) is 0. The van der Waals surface area contributed by atoms with Gasteiger partial charge in [-0.2, -0.15) is 0 Å². The molecule has 0 spiro atoms. The Morgan fingerprint density at radius 3 is 1.95 bits per heavy atom. The zero-order valence-corrected chi connectivity index (χ0v) is 11.9. The second-order valence-electron chi connectivity index (χ2n) is 4.50. The summed E-state index contributed by atoms with van der Waals surface area (Å²) in [6.07, 6.45) is 0.612. The van der Waals surface area contributed by atoms with Gasteiger partial charge in [-0.1, -0.05) is 44.6 Å². The van der Waals surface area contributed by atoms with E-state index in [9.17, 15) is 9.59 Å². The molecule has 2 aliphatic heterocycles. The quantitative estimate of drug-likeness (QED) is 0.637. The van der Waals surface area contributed by atoms with Gasteiger partial charge < -0.3 is 9.47 Å². The molecule has 5 heteroatoms. The lowest BCUT2D eigenvalue weighted by Gasteiger charge is -2.20. The Hall–Kier alpha value is -0.260. The summed E-state index contributed by atoms with van der Waals surface area (Å²) >= 11 is 3.22. The Labute approximate surface area is 125 Å². The topological polar surface area (TPSA) is 52.6 Å². The maximum absolute atomic E-state index is 11.0. The molecule has 0 aromatic heterocycles. The Balaban J connectivity index is 0. The second kappa shape index (κ2) is 10.5. The number of halogens is 1. The van der Waals surface area contributed by atoms with Crippen molar-refractivity contribution in [1.29, 1.82) is 0 Å². The molecule has 0 aromatic carbocycles. The van der Waals surface area contributed by atoms with Gasteiger partial charge in [-0.3, -0.25) is 9.59 Å². The molecule has 0 saturated carbocycles. The molecule has 0 N–H and O–H groups in total. The van der Waals surface area contributed by atoms with Crippen LogP contribution in [0.2, 0.25) is 0 Å². The van der Waals surface area contributed by atoms with Gasteiger partial charge in [0.25, 0.3) is 0 Å². The van der Waals surface area contributed by atoms with Gasteiger partial charge in [0.1, 0.15) is 5.78 Å². The standard InChI is InChI=1S/C6H9BrO2.C6H10O2.2CH4/c1-4-2-9-3-5(7)6(4)8;1-5-4-8-3-2-6(5)7;;/h4-5H,2-3H2,1H3;5H,2-4H2,1H3;2*1H4. The largest absolute Gasteiger partial charge is 0.380 e. The summed E-state index contributed by atoms with van der Waals surface area (Å²) in [7, 11) is 0. The van der Waals surface area contributed by atoms with Crippen molar-refractivity contribution < 1.29 is 19.1 Å². The minimum atomic E-state index is -0.0683. The van der Waals surface area contributed by atoms with Crippen LogP contribution in [0, 0.1) is 11.8 Å². The summed E-state index contributed by atoms with van der Waals surface area (Å²) in [5.74, 6) is 0.823. The number of hydrogen-bond acceptors (Lipinski definition) is 4. The van der Waals surface area contributed by atoms with E-state index in [1.54, 1.807) is 0 Å². The molecule has 3 unspecified atom stereocenters. The van der Waals surface area contributed by atoms with Crippen molar-refractivity contribution in [3.05, 3.63) is 0 Å². The average Bonchev–Trinajstić information content (AvgIpc) is 2.31. The molecular formula is C14H27BrO4. The van der Waals surface area contributed by atoms with Gasteiger partial charge in [-0.15, -0.1) is 0 Å². The van der Waals surface area contributed by atoms with Gasteiger partial charge >= 0.3 is 0 Å². The van der Waals surface area contributed by atoms with Crippen molar-refractivity contribution in [2.24, 2.45) is 11.8 Å². The first-order chi connectivity index (χ1) is 8.02. The Morgan fingerprint density at radius 1 is 1.00 bits per heavy atom. The molecule has 0 bridgehead atoms. The van der Waals surface area contributed by atoms with Crippen molar-refractivity contribution in [2.75, 3.05) is 26.4 Å². The lowest BCUT2D eigenvalue weighted by atomic mass is 10.0. The Bertz CT molecular complexity index is 269. The monoisotopic (exact) mass is 338 g/mol. The predicted molar refractivity (Wildman–Crippen MR) is 80.8 cm³/mol. The number of Topliss-reactive ketones (excluding diaryl/α,β-unsaturated/α-hetero) is 2. The molecule has 2 fully saturated rings. The molecule has 2 aliphatic rings. The third-order valence-corrected chi connectivity index (χ3v) is 3.55. The van der Waals surface area contributed by atoms with Crippen LogP contribution in [0.15, 0.2) is 0 Å². The molecule has 0 radical (unpaired) electrons. The van der Waals surface area contributed by atoms with E-state index >= 15 is 0 Å². The molecule has 3 atom stereocenters. The van der Waals surface area contributed by atoms with Crippen LogP contribution in [0.4, 0.5) is 0 Å². The van der Waals surface area contributed by atoms with Crippen LogP contribution in [0.25, 0.3) is 0 Å². The molecule has 19 heavy (non-hydrogen) atoms. The summed E-state index contributed by atoms with van der Waals surface area (Å²) in [6, 6.07) is 0. The van der Waals surface area contributed by atoms with E-state index in [2.05, 4.69) is 15.9 Å². The van der Waals surface area contributed by atoms with Crippen LogP contribution in [-0.4, -0.2) is 42.8 Å². The number of hydrogen-bond donors (Lipinski definition) is 0. The Morgan fingerprint density at radius 2 is 1.58 bits per heavy atom. The van der Waals surface area contributed by atoms with Gasteiger partial charge in [-0.25, -0.2) is 0 Å². The number of ether oxygens (including phenoxy) is 2. The van der Waals surface area contributed by atoms with E-state index in [1.165, 1.54) is 0 Å². The van der Waals surface area contributed by atoms with Crippen LogP contribution in [-0.2, 0) is 19.1 Å². The van der Waals surface area contributed by atoms with Crippen LogP contribution >= 0.6 is 15.9 Å². The summed E-state index contributed by atoms with van der Waals surface area (Å²) < 4.78 is 10.1. The number of carbonyl (C=O) groups is 2. The predicted octanol–water partition coefficient (Wildman–Crippen LogP) is 2.87. The fraction of sp³-hybridized carbons (Fsp3) is 0.857. The second-order valence-corrected chi connectivity index (χ2v) is 5.61.